The number of carbonyl (C=O) groups excluding carboxylic acids is 4. The van der Waals surface area contributed by atoms with Gasteiger partial charge in [-0.3, -0.25) is 14.4 Å². The number of nitrogens with two attached hydrogens (primary N) is 1. The van der Waals surface area contributed by atoms with Crippen LogP contribution < -0.4 is 51.0 Å². The van der Waals surface area contributed by atoms with Crippen LogP contribution in [0.3, 0.4) is 0 Å². The Balaban J connectivity index is 0.0000221. The maximum atomic E-state index is 14.0. The number of carboxylic acids is 1. The van der Waals surface area contributed by atoms with Crippen LogP contribution in [-0.4, -0.2) is 84.7 Å². The molecule has 0 heterocycles. The fourth-order valence-electron chi connectivity index (χ4n) is 8.41. The molecule has 0 bridgehead atoms. The van der Waals surface area contributed by atoms with Gasteiger partial charge in [0.25, 0.3) is 0 Å². The van der Waals surface area contributed by atoms with E-state index in [1.54, 1.807) is 6.92 Å². The van der Waals surface area contributed by atoms with Crippen molar-refractivity contribution in [3.63, 3.8) is 0 Å². The Bertz CT molecular complexity index is 1130. The molecule has 0 radical (unpaired) electrons. The third kappa shape index (κ3) is 16.2. The van der Waals surface area contributed by atoms with Crippen LogP contribution in [0.4, 0.5) is 0 Å². The number of hydrogen-bond donors (Lipinski definition) is 3. The van der Waals surface area contributed by atoms with Crippen molar-refractivity contribution in [2.75, 3.05) is 31.9 Å². The second-order valence-electron chi connectivity index (χ2n) is 15.0. The number of hydrogen-bond acceptors (Lipinski definition) is 8. The Hall–Kier alpha value is -1.25. The summed E-state index contributed by atoms with van der Waals surface area (Å²) in [6.07, 6.45) is 5.03. The van der Waals surface area contributed by atoms with Gasteiger partial charge < -0.3 is 35.3 Å². The first-order valence-electron chi connectivity index (χ1n) is 17.6. The third-order valence-electron chi connectivity index (χ3n) is 9.85. The molecule has 0 aromatic heterocycles. The molecule has 48 heavy (non-hydrogen) atoms. The quantitative estimate of drug-likeness (QED) is 0.0703. The summed E-state index contributed by atoms with van der Waals surface area (Å²) in [6.45, 7) is 18.7. The minimum Gasteiger partial charge on any atom is -0.748 e. The number of rotatable bonds is 23. The molecule has 3 amide bonds. The van der Waals surface area contributed by atoms with Crippen LogP contribution in [0.5, 0.6) is 0 Å². The van der Waals surface area contributed by atoms with Gasteiger partial charge in [0.2, 0.25) is 17.7 Å². The van der Waals surface area contributed by atoms with Crippen LogP contribution in [0.25, 0.3) is 0 Å². The van der Waals surface area contributed by atoms with Gasteiger partial charge >= 0.3 is 29.6 Å². The molecular weight excluding hydrogens is 647 g/mol. The first-order valence-corrected chi connectivity index (χ1v) is 19.2. The number of primary amides is 1. The van der Waals surface area contributed by atoms with E-state index < -0.39 is 57.0 Å². The van der Waals surface area contributed by atoms with Crippen molar-refractivity contribution in [2.45, 2.75) is 125 Å². The number of carboxylic acid groups (broad SMARTS) is 1. The van der Waals surface area contributed by atoms with Crippen LogP contribution in [0.2, 0.25) is 0 Å². The summed E-state index contributed by atoms with van der Waals surface area (Å²) in [5.41, 5.74) is 4.27. The molecule has 7 atom stereocenters. The van der Waals surface area contributed by atoms with E-state index in [4.69, 9.17) is 5.73 Å². The van der Waals surface area contributed by atoms with Crippen molar-refractivity contribution < 1.29 is 71.3 Å². The van der Waals surface area contributed by atoms with Gasteiger partial charge in [0, 0.05) is 48.1 Å². The fraction of sp³-hybridized carbons (Fsp3) is 0.882. The van der Waals surface area contributed by atoms with E-state index >= 15 is 0 Å². The minimum absolute atomic E-state index is 0. The van der Waals surface area contributed by atoms with Crippen LogP contribution >= 0.6 is 0 Å². The Morgan fingerprint density at radius 3 is 1.92 bits per heavy atom. The van der Waals surface area contributed by atoms with E-state index in [2.05, 4.69) is 38.3 Å². The van der Waals surface area contributed by atoms with Gasteiger partial charge in [0.15, 0.2) is 0 Å². The average molecular weight is 711 g/mol. The molecule has 14 heteroatoms. The average Bonchev–Trinajstić information content (AvgIpc) is 3.27. The van der Waals surface area contributed by atoms with Crippen LogP contribution in [0.15, 0.2) is 0 Å². The smallest absolute Gasteiger partial charge is 0.748 e. The second kappa shape index (κ2) is 21.2. The second-order valence-corrected chi connectivity index (χ2v) is 16.4. The molecule has 0 aromatic carbocycles. The van der Waals surface area contributed by atoms with Crippen molar-refractivity contribution in [2.24, 2.45) is 41.2 Å². The number of carbonyl (C=O) groups is 4. The molecule has 274 valence electrons. The van der Waals surface area contributed by atoms with Gasteiger partial charge in [0.1, 0.15) is 0 Å². The predicted octanol–water partition coefficient (Wildman–Crippen LogP) is -0.692. The van der Waals surface area contributed by atoms with Gasteiger partial charge in [-0.1, -0.05) is 34.6 Å². The van der Waals surface area contributed by atoms with Gasteiger partial charge in [-0.05, 0) is 83.5 Å². The number of amides is 3. The summed E-state index contributed by atoms with van der Waals surface area (Å²) in [4.78, 5) is 50.7. The zero-order valence-electron chi connectivity index (χ0n) is 31.1. The molecular formula is C34H63N4NaO8S. The molecule has 7 unspecified atom stereocenters. The zero-order valence-corrected chi connectivity index (χ0v) is 34.0. The summed E-state index contributed by atoms with van der Waals surface area (Å²) in [5, 5.41) is 18.3. The van der Waals surface area contributed by atoms with Gasteiger partial charge in [0.05, 0.1) is 42.1 Å². The van der Waals surface area contributed by atoms with Crippen LogP contribution in [-0.2, 0) is 29.3 Å². The number of aliphatic carboxylic acids is 1. The van der Waals surface area contributed by atoms with Crippen LogP contribution in [0, 0.1) is 35.5 Å². The van der Waals surface area contributed by atoms with Crippen molar-refractivity contribution in [3.8, 4) is 0 Å². The van der Waals surface area contributed by atoms with Crippen LogP contribution in [0.1, 0.15) is 113 Å². The normalized spacial score (nSPS) is 21.0. The van der Waals surface area contributed by atoms with E-state index in [1.165, 1.54) is 20.8 Å². The van der Waals surface area contributed by atoms with E-state index in [-0.39, 0.29) is 65.7 Å². The molecule has 1 aliphatic rings. The Kier molecular flexibility index (Phi) is 20.6. The molecule has 12 nitrogen and oxygen atoms in total. The van der Waals surface area contributed by atoms with E-state index in [0.29, 0.717) is 32.1 Å². The summed E-state index contributed by atoms with van der Waals surface area (Å²) < 4.78 is 35.8. The Labute approximate surface area is 312 Å². The SMILES string of the molecule is CCC[N+](CCC)(CCC)CC(C)CC(CC1CC(NC(C)=O)CC1C(CC(CC)C(N)=O)C(=O)[O-])C(=O)NC(C)(C)CS(=O)(=O)[O-].[Na+]. The maximum absolute atomic E-state index is 14.0. The zero-order chi connectivity index (χ0) is 36.2. The molecule has 4 N–H and O–H groups in total. The van der Waals surface area contributed by atoms with Crippen molar-refractivity contribution >= 4 is 33.8 Å². The maximum Gasteiger partial charge on any atom is 1.00 e. The molecule has 1 aliphatic carbocycles. The Morgan fingerprint density at radius 1 is 0.958 bits per heavy atom. The van der Waals surface area contributed by atoms with Gasteiger partial charge in [-0.15, -0.1) is 0 Å². The molecule has 0 saturated heterocycles. The van der Waals surface area contributed by atoms with E-state index in [9.17, 15) is 37.3 Å². The molecule has 1 rings (SSSR count). The summed E-state index contributed by atoms with van der Waals surface area (Å²) in [5.74, 6) is -6.26. The third-order valence-corrected chi connectivity index (χ3v) is 10.9. The molecule has 0 spiro atoms. The van der Waals surface area contributed by atoms with Gasteiger partial charge in [-0.2, -0.15) is 0 Å². The summed E-state index contributed by atoms with van der Waals surface area (Å²) >= 11 is 0. The largest absolute Gasteiger partial charge is 1.00 e. The Morgan fingerprint density at radius 2 is 1.50 bits per heavy atom. The van der Waals surface area contributed by atoms with Crippen molar-refractivity contribution in [1.82, 2.24) is 10.6 Å². The van der Waals surface area contributed by atoms with Crippen molar-refractivity contribution in [1.29, 1.82) is 0 Å². The molecule has 0 aliphatic heterocycles. The van der Waals surface area contributed by atoms with E-state index in [1.807, 2.05) is 0 Å². The molecule has 1 fully saturated rings. The first-order chi connectivity index (χ1) is 21.7. The van der Waals surface area contributed by atoms with Crippen molar-refractivity contribution in [3.05, 3.63) is 0 Å². The first kappa shape index (κ1) is 46.8. The number of nitrogens with zero attached hydrogens (tertiary/aromatic N) is 1. The molecule has 0 aromatic rings. The minimum atomic E-state index is -4.63. The molecule has 1 saturated carbocycles. The number of quaternary nitrogens is 1. The predicted molar refractivity (Wildman–Crippen MR) is 179 cm³/mol. The standard InChI is InChI=1S/C34H64N4O8S.Na/c1-9-13-38(14-10-2,15-11-3)21-23(5)16-27(32(41)37-34(7,8)22-47(44,45)46)17-26-18-28(36-24(6)39)20-29(26)30(33(42)43)19-25(12-4)31(35)40;/h23,25-30H,9-22H2,1-8H3,(H5-,35,36,37,39,40,41,42,43,44,45,46);/q;+1/p-1. The monoisotopic (exact) mass is 710 g/mol. The summed E-state index contributed by atoms with van der Waals surface area (Å²) in [7, 11) is -4.63. The fourth-order valence-corrected chi connectivity index (χ4v) is 9.36. The van der Waals surface area contributed by atoms with E-state index in [0.717, 1.165) is 49.9 Å². The van der Waals surface area contributed by atoms with Gasteiger partial charge in [-0.25, -0.2) is 8.42 Å². The topological polar surface area (TPSA) is 199 Å². The summed E-state index contributed by atoms with van der Waals surface area (Å²) in [6, 6.07) is -0.316. The number of nitrogens with one attached hydrogen (secondary N) is 2.